The number of sulfonamides is 1. The SMILES string of the molecule is Cc1c(NS(=O)(=O)c2cc(C(=O)OCC(=O)N3CCc4ccccc4C3)cc(Cl)c2Cl)c(=O)n(-c2ccccc2)n1C. The Morgan fingerprint density at radius 1 is 1.00 bits per heavy atom. The highest BCUT2D eigenvalue weighted by Crippen LogP contribution is 2.32. The Balaban J connectivity index is 1.35. The number of amides is 1. The maximum atomic E-state index is 13.5. The lowest BCUT2D eigenvalue weighted by molar-refractivity contribution is -0.135. The van der Waals surface area contributed by atoms with Crippen molar-refractivity contribution in [1.82, 2.24) is 14.3 Å². The summed E-state index contributed by atoms with van der Waals surface area (Å²) in [5.74, 6) is -1.35. The molecule has 1 amide bonds. The largest absolute Gasteiger partial charge is 0.452 e. The normalized spacial score (nSPS) is 13.0. The van der Waals surface area contributed by atoms with Crippen molar-refractivity contribution in [2.24, 2.45) is 7.05 Å². The summed E-state index contributed by atoms with van der Waals surface area (Å²) in [5, 5.41) is -0.572. The molecule has 0 aliphatic carbocycles. The van der Waals surface area contributed by atoms with Crippen LogP contribution in [0.2, 0.25) is 10.0 Å². The first-order valence-electron chi connectivity index (χ1n) is 12.9. The predicted octanol–water partition coefficient (Wildman–Crippen LogP) is 4.33. The average molecular weight is 630 g/mol. The zero-order chi connectivity index (χ0) is 30.2. The van der Waals surface area contributed by atoms with Crippen LogP contribution in [0.25, 0.3) is 5.69 Å². The number of anilines is 1. The molecule has 0 radical (unpaired) electrons. The number of fused-ring (bicyclic) bond motifs is 1. The van der Waals surface area contributed by atoms with Gasteiger partial charge in [0.2, 0.25) is 0 Å². The van der Waals surface area contributed by atoms with Gasteiger partial charge in [0.15, 0.2) is 6.61 Å². The molecule has 0 spiro atoms. The molecule has 0 bridgehead atoms. The predicted molar refractivity (Wildman–Crippen MR) is 159 cm³/mol. The first-order chi connectivity index (χ1) is 20.0. The molecule has 13 heteroatoms. The molecule has 0 atom stereocenters. The molecule has 0 saturated carbocycles. The van der Waals surface area contributed by atoms with Gasteiger partial charge < -0.3 is 9.64 Å². The number of ether oxygens (including phenoxy) is 1. The van der Waals surface area contributed by atoms with Crippen molar-refractivity contribution in [3.8, 4) is 5.69 Å². The molecule has 1 N–H and O–H groups in total. The first-order valence-corrected chi connectivity index (χ1v) is 15.1. The zero-order valence-electron chi connectivity index (χ0n) is 22.6. The number of nitrogens with one attached hydrogen (secondary N) is 1. The third kappa shape index (κ3) is 5.67. The number of aromatic nitrogens is 2. The minimum atomic E-state index is -4.51. The second-order valence-electron chi connectivity index (χ2n) is 9.72. The molecule has 10 nitrogen and oxygen atoms in total. The van der Waals surface area contributed by atoms with Gasteiger partial charge in [-0.15, -0.1) is 0 Å². The number of halogens is 2. The summed E-state index contributed by atoms with van der Waals surface area (Å²) in [6.07, 6.45) is 0.689. The van der Waals surface area contributed by atoms with Gasteiger partial charge in [-0.25, -0.2) is 17.9 Å². The quantitative estimate of drug-likeness (QED) is 0.304. The summed E-state index contributed by atoms with van der Waals surface area (Å²) in [6, 6.07) is 18.7. The van der Waals surface area contributed by atoms with E-state index in [-0.39, 0.29) is 27.2 Å². The Kier molecular flexibility index (Phi) is 8.18. The Morgan fingerprint density at radius 2 is 1.67 bits per heavy atom. The lowest BCUT2D eigenvalue weighted by Gasteiger charge is -2.28. The smallest absolute Gasteiger partial charge is 0.338 e. The van der Waals surface area contributed by atoms with Crippen molar-refractivity contribution in [1.29, 1.82) is 0 Å². The summed E-state index contributed by atoms with van der Waals surface area (Å²) < 4.78 is 37.3. The average Bonchev–Trinajstić information content (AvgIpc) is 3.19. The topological polar surface area (TPSA) is 120 Å². The molecule has 0 saturated heterocycles. The van der Waals surface area contributed by atoms with Crippen LogP contribution in [0.15, 0.2) is 76.4 Å². The van der Waals surface area contributed by atoms with Gasteiger partial charge in [-0.2, -0.15) is 0 Å². The lowest BCUT2D eigenvalue weighted by Crippen LogP contribution is -2.38. The number of benzene rings is 3. The highest BCUT2D eigenvalue weighted by Gasteiger charge is 2.28. The number of esters is 1. The van der Waals surface area contributed by atoms with E-state index in [0.29, 0.717) is 30.9 Å². The van der Waals surface area contributed by atoms with Gasteiger partial charge in [0.25, 0.3) is 21.5 Å². The van der Waals surface area contributed by atoms with Crippen molar-refractivity contribution in [3.05, 3.63) is 110 Å². The fourth-order valence-electron chi connectivity index (χ4n) is 4.76. The monoisotopic (exact) mass is 628 g/mol. The van der Waals surface area contributed by atoms with E-state index in [0.717, 1.165) is 17.7 Å². The third-order valence-electron chi connectivity index (χ3n) is 7.12. The van der Waals surface area contributed by atoms with Crippen molar-refractivity contribution in [2.75, 3.05) is 17.9 Å². The molecule has 1 aliphatic heterocycles. The lowest BCUT2D eigenvalue weighted by atomic mass is 10.00. The number of rotatable bonds is 7. The Bertz CT molecular complexity index is 1870. The molecule has 218 valence electrons. The molecule has 1 aromatic heterocycles. The van der Waals surface area contributed by atoms with Crippen LogP contribution in [0.4, 0.5) is 5.69 Å². The minimum Gasteiger partial charge on any atom is -0.452 e. The van der Waals surface area contributed by atoms with Crippen molar-refractivity contribution in [3.63, 3.8) is 0 Å². The molecule has 3 aromatic carbocycles. The highest BCUT2D eigenvalue weighted by atomic mass is 35.5. The maximum absolute atomic E-state index is 13.5. The molecular weight excluding hydrogens is 603 g/mol. The number of hydrogen-bond acceptors (Lipinski definition) is 6. The fraction of sp³-hybridized carbons (Fsp3) is 0.207. The van der Waals surface area contributed by atoms with Crippen molar-refractivity contribution < 1.29 is 22.7 Å². The van der Waals surface area contributed by atoms with Crippen LogP contribution in [-0.4, -0.2) is 47.7 Å². The Labute approximate surface area is 252 Å². The third-order valence-corrected chi connectivity index (χ3v) is 9.41. The van der Waals surface area contributed by atoms with Gasteiger partial charge >= 0.3 is 5.97 Å². The molecule has 42 heavy (non-hydrogen) atoms. The molecule has 0 fully saturated rings. The molecule has 0 unspecified atom stereocenters. The number of carbonyl (C=O) groups excluding carboxylic acids is 2. The molecule has 2 heterocycles. The van der Waals surface area contributed by atoms with E-state index in [1.54, 1.807) is 49.2 Å². The summed E-state index contributed by atoms with van der Waals surface area (Å²) in [5.41, 5.74) is 2.03. The summed E-state index contributed by atoms with van der Waals surface area (Å²) in [6.45, 7) is 1.93. The molecule has 5 rings (SSSR count). The van der Waals surface area contributed by atoms with Gasteiger partial charge in [0.05, 0.1) is 27.0 Å². The van der Waals surface area contributed by atoms with Gasteiger partial charge in [-0.3, -0.25) is 19.0 Å². The van der Waals surface area contributed by atoms with E-state index in [4.69, 9.17) is 27.9 Å². The van der Waals surface area contributed by atoms with Crippen molar-refractivity contribution >= 4 is 50.8 Å². The van der Waals surface area contributed by atoms with Crippen LogP contribution in [-0.2, 0) is 39.6 Å². The number of para-hydroxylation sites is 1. The van der Waals surface area contributed by atoms with Crippen LogP contribution in [0.3, 0.4) is 0 Å². The Hall–Kier alpha value is -4.06. The van der Waals surface area contributed by atoms with Gasteiger partial charge in [-0.05, 0) is 48.7 Å². The van der Waals surface area contributed by atoms with E-state index in [2.05, 4.69) is 4.72 Å². The second-order valence-corrected chi connectivity index (χ2v) is 12.2. The molecule has 1 aliphatic rings. The van der Waals surface area contributed by atoms with Gasteiger partial charge in [0.1, 0.15) is 10.6 Å². The van der Waals surface area contributed by atoms with Crippen molar-refractivity contribution in [2.45, 2.75) is 24.8 Å². The van der Waals surface area contributed by atoms with Gasteiger partial charge in [0, 0.05) is 20.1 Å². The van der Waals surface area contributed by atoms with Gasteiger partial charge in [-0.1, -0.05) is 65.7 Å². The number of hydrogen-bond donors (Lipinski definition) is 1. The van der Waals surface area contributed by atoms with E-state index in [1.165, 1.54) is 14.9 Å². The van der Waals surface area contributed by atoms with E-state index < -0.39 is 33.1 Å². The second kappa shape index (κ2) is 11.7. The maximum Gasteiger partial charge on any atom is 0.338 e. The minimum absolute atomic E-state index is 0.199. The van der Waals surface area contributed by atoms with Crippen LogP contribution < -0.4 is 10.3 Å². The first kappa shape index (κ1) is 29.4. The number of nitrogens with zero attached hydrogens (tertiary/aromatic N) is 3. The van der Waals surface area contributed by atoms with Crippen LogP contribution >= 0.6 is 23.2 Å². The van der Waals surface area contributed by atoms with Crippen LogP contribution in [0.5, 0.6) is 0 Å². The number of carbonyl (C=O) groups is 2. The fourth-order valence-corrected chi connectivity index (χ4v) is 6.69. The highest BCUT2D eigenvalue weighted by molar-refractivity contribution is 7.92. The summed E-state index contributed by atoms with van der Waals surface area (Å²) >= 11 is 12.4. The van der Waals surface area contributed by atoms with Crippen LogP contribution in [0, 0.1) is 6.92 Å². The molecule has 4 aromatic rings. The van der Waals surface area contributed by atoms with E-state index in [1.807, 2.05) is 24.3 Å². The molecular formula is C29H26Cl2N4O6S. The zero-order valence-corrected chi connectivity index (χ0v) is 25.0. The Morgan fingerprint density at radius 3 is 2.38 bits per heavy atom. The summed E-state index contributed by atoms with van der Waals surface area (Å²) in [7, 11) is -2.89. The van der Waals surface area contributed by atoms with Crippen LogP contribution in [0.1, 0.15) is 27.2 Å². The summed E-state index contributed by atoms with van der Waals surface area (Å²) in [4.78, 5) is 39.9. The standard InChI is InChI=1S/C29H26Cl2N4O6S/c1-18-27(28(37)35(33(18)2)22-10-4-3-5-11-22)32-42(39,40)24-15-21(14-23(30)26(24)31)29(38)41-17-25(36)34-13-12-19-8-6-7-9-20(19)16-34/h3-11,14-15,32H,12-13,16-17H2,1-2H3. The van der Waals surface area contributed by atoms with E-state index >= 15 is 0 Å². The van der Waals surface area contributed by atoms with E-state index in [9.17, 15) is 22.8 Å².